The number of ether oxygens (including phenoxy) is 1. The van der Waals surface area contributed by atoms with E-state index in [9.17, 15) is 23.2 Å². The second kappa shape index (κ2) is 10.1. The minimum atomic E-state index is -0.899. The van der Waals surface area contributed by atoms with Gasteiger partial charge in [-0.05, 0) is 36.8 Å². The van der Waals surface area contributed by atoms with Crippen LogP contribution < -0.4 is 4.90 Å². The fourth-order valence-corrected chi connectivity index (χ4v) is 3.56. The molecule has 0 N–H and O–H groups in total. The van der Waals surface area contributed by atoms with Crippen LogP contribution in [0.4, 0.5) is 14.5 Å². The van der Waals surface area contributed by atoms with Crippen molar-refractivity contribution in [1.29, 1.82) is 0 Å². The van der Waals surface area contributed by atoms with Gasteiger partial charge in [-0.1, -0.05) is 17.7 Å². The Balaban J connectivity index is 1.75. The highest BCUT2D eigenvalue weighted by Gasteiger charge is 2.34. The third kappa shape index (κ3) is 5.23. The van der Waals surface area contributed by atoms with Crippen LogP contribution in [0.15, 0.2) is 36.4 Å². The molecule has 32 heavy (non-hydrogen) atoms. The van der Waals surface area contributed by atoms with Crippen molar-refractivity contribution >= 4 is 35.0 Å². The molecule has 0 radical (unpaired) electrons. The molecule has 0 atom stereocenters. The summed E-state index contributed by atoms with van der Waals surface area (Å²) in [5.74, 6) is -3.29. The number of halogens is 3. The van der Waals surface area contributed by atoms with E-state index >= 15 is 0 Å². The zero-order valence-electron chi connectivity index (χ0n) is 17.6. The van der Waals surface area contributed by atoms with Gasteiger partial charge in [0.15, 0.2) is 0 Å². The lowest BCUT2D eigenvalue weighted by Gasteiger charge is -2.25. The summed E-state index contributed by atoms with van der Waals surface area (Å²) >= 11 is 6.14. The first-order valence-electron chi connectivity index (χ1n) is 9.78. The summed E-state index contributed by atoms with van der Waals surface area (Å²) in [5, 5.41) is 0.499. The van der Waals surface area contributed by atoms with E-state index in [2.05, 4.69) is 0 Å². The van der Waals surface area contributed by atoms with Gasteiger partial charge in [0, 0.05) is 36.0 Å². The maximum Gasteiger partial charge on any atom is 0.254 e. The van der Waals surface area contributed by atoms with Crippen molar-refractivity contribution in [3.05, 3.63) is 64.2 Å². The second-order valence-corrected chi connectivity index (χ2v) is 7.72. The summed E-state index contributed by atoms with van der Waals surface area (Å²) in [5.41, 5.74) is 1.09. The number of benzene rings is 2. The highest BCUT2D eigenvalue weighted by Crippen LogP contribution is 2.28. The predicted octanol–water partition coefficient (Wildman–Crippen LogP) is 2.85. The highest BCUT2D eigenvalue weighted by molar-refractivity contribution is 6.31. The number of amides is 3. The van der Waals surface area contributed by atoms with Crippen LogP contribution in [0, 0.1) is 18.6 Å². The Morgan fingerprint density at radius 1 is 1.19 bits per heavy atom. The zero-order valence-corrected chi connectivity index (χ0v) is 18.4. The molecule has 1 heterocycles. The van der Waals surface area contributed by atoms with Crippen molar-refractivity contribution in [2.24, 2.45) is 0 Å². The van der Waals surface area contributed by atoms with Crippen LogP contribution in [0.25, 0.3) is 0 Å². The van der Waals surface area contributed by atoms with Crippen LogP contribution >= 0.6 is 11.6 Å². The van der Waals surface area contributed by atoms with Gasteiger partial charge >= 0.3 is 0 Å². The highest BCUT2D eigenvalue weighted by atomic mass is 35.5. The average molecular weight is 466 g/mol. The van der Waals surface area contributed by atoms with Gasteiger partial charge in [-0.2, -0.15) is 0 Å². The molecular weight excluding hydrogens is 444 g/mol. The largest absolute Gasteiger partial charge is 0.383 e. The molecule has 0 bridgehead atoms. The van der Waals surface area contributed by atoms with Crippen molar-refractivity contribution in [1.82, 2.24) is 9.80 Å². The molecule has 2 aromatic rings. The number of hydrogen-bond acceptors (Lipinski definition) is 4. The van der Waals surface area contributed by atoms with E-state index < -0.39 is 23.4 Å². The molecule has 3 amide bonds. The molecule has 7 nitrogen and oxygen atoms in total. The number of carbonyl (C=O) groups is 3. The first-order valence-corrected chi connectivity index (χ1v) is 10.2. The van der Waals surface area contributed by atoms with Crippen molar-refractivity contribution < 1.29 is 27.9 Å². The van der Waals surface area contributed by atoms with Crippen molar-refractivity contribution in [2.75, 3.05) is 44.9 Å². The molecule has 3 rings (SSSR count). The summed E-state index contributed by atoms with van der Waals surface area (Å²) < 4.78 is 32.1. The third-order valence-electron chi connectivity index (χ3n) is 5.11. The molecular formula is C22H22ClF2N3O4. The molecule has 1 saturated heterocycles. The van der Waals surface area contributed by atoms with E-state index in [0.29, 0.717) is 22.3 Å². The van der Waals surface area contributed by atoms with Crippen LogP contribution in [0.5, 0.6) is 0 Å². The molecule has 0 spiro atoms. The quantitative estimate of drug-likeness (QED) is 0.630. The van der Waals surface area contributed by atoms with Gasteiger partial charge in [-0.3, -0.25) is 19.3 Å². The lowest BCUT2D eigenvalue weighted by atomic mass is 10.2. The maximum atomic E-state index is 13.6. The Morgan fingerprint density at radius 2 is 1.88 bits per heavy atom. The minimum Gasteiger partial charge on any atom is -0.383 e. The summed E-state index contributed by atoms with van der Waals surface area (Å²) in [4.78, 5) is 42.2. The lowest BCUT2D eigenvalue weighted by molar-refractivity contribution is -0.132. The summed E-state index contributed by atoms with van der Waals surface area (Å²) in [6.07, 6.45) is 0. The molecule has 0 aromatic heterocycles. The molecule has 0 aliphatic carbocycles. The first kappa shape index (κ1) is 23.6. The lowest BCUT2D eigenvalue weighted by Crippen LogP contribution is -2.44. The number of anilines is 1. The Kier molecular flexibility index (Phi) is 7.42. The summed E-state index contributed by atoms with van der Waals surface area (Å²) in [6.45, 7) is 1.38. The number of hydrogen-bond donors (Lipinski definition) is 0. The molecule has 170 valence electrons. The number of rotatable bonds is 7. The topological polar surface area (TPSA) is 70.2 Å². The van der Waals surface area contributed by atoms with Gasteiger partial charge < -0.3 is 14.5 Å². The van der Waals surface area contributed by atoms with Gasteiger partial charge in [0.1, 0.15) is 31.4 Å². The molecule has 0 saturated carbocycles. The standard InChI is InChI=1S/C22H22ClF2N3O4/c1-14-18(23)4-3-5-19(14)28-13-27(12-21(28)30)20(29)11-26(6-7-32-2)22(31)15-8-16(24)10-17(25)9-15/h3-5,8-10H,6-7,11-13H2,1-2H3. The van der Waals surface area contributed by atoms with Gasteiger partial charge in [0.25, 0.3) is 5.91 Å². The summed E-state index contributed by atoms with van der Waals surface area (Å²) in [7, 11) is 1.43. The smallest absolute Gasteiger partial charge is 0.254 e. The minimum absolute atomic E-state index is 0.000248. The number of methoxy groups -OCH3 is 1. The van der Waals surface area contributed by atoms with E-state index in [4.69, 9.17) is 16.3 Å². The van der Waals surface area contributed by atoms with Crippen molar-refractivity contribution in [2.45, 2.75) is 6.92 Å². The fraction of sp³-hybridized carbons (Fsp3) is 0.318. The van der Waals surface area contributed by atoms with E-state index in [1.54, 1.807) is 25.1 Å². The van der Waals surface area contributed by atoms with Gasteiger partial charge in [0.05, 0.1) is 6.61 Å². The van der Waals surface area contributed by atoms with Crippen LogP contribution in [-0.4, -0.2) is 67.5 Å². The van der Waals surface area contributed by atoms with Crippen molar-refractivity contribution in [3.8, 4) is 0 Å². The maximum absolute atomic E-state index is 13.6. The molecule has 2 aromatic carbocycles. The molecule has 1 fully saturated rings. The summed E-state index contributed by atoms with van der Waals surface area (Å²) in [6, 6.07) is 7.62. The second-order valence-electron chi connectivity index (χ2n) is 7.32. The molecule has 10 heteroatoms. The number of nitrogens with zero attached hydrogens (tertiary/aromatic N) is 3. The predicted molar refractivity (Wildman–Crippen MR) is 114 cm³/mol. The normalized spacial score (nSPS) is 13.6. The number of carbonyl (C=O) groups excluding carboxylic acids is 3. The SMILES string of the molecule is COCCN(CC(=O)N1CC(=O)N(c2cccc(Cl)c2C)C1)C(=O)c1cc(F)cc(F)c1. The monoisotopic (exact) mass is 465 g/mol. The molecule has 1 aliphatic heterocycles. The fourth-order valence-electron chi connectivity index (χ4n) is 3.39. The van der Waals surface area contributed by atoms with Gasteiger partial charge in [0.2, 0.25) is 11.8 Å². The van der Waals surface area contributed by atoms with Gasteiger partial charge in [-0.15, -0.1) is 0 Å². The van der Waals surface area contributed by atoms with E-state index in [-0.39, 0.29) is 44.4 Å². The molecule has 0 unspecified atom stereocenters. The third-order valence-corrected chi connectivity index (χ3v) is 5.52. The Bertz CT molecular complexity index is 1030. The van der Waals surface area contributed by atoms with E-state index in [0.717, 1.165) is 17.0 Å². The Hall–Kier alpha value is -3.04. The Labute approximate surface area is 189 Å². The van der Waals surface area contributed by atoms with Crippen LogP contribution in [-0.2, 0) is 14.3 Å². The van der Waals surface area contributed by atoms with E-state index in [1.165, 1.54) is 16.9 Å². The molecule has 1 aliphatic rings. The van der Waals surface area contributed by atoms with Gasteiger partial charge in [-0.25, -0.2) is 8.78 Å². The van der Waals surface area contributed by atoms with Crippen molar-refractivity contribution in [3.63, 3.8) is 0 Å². The van der Waals surface area contributed by atoms with Crippen LogP contribution in [0.1, 0.15) is 15.9 Å². The van der Waals surface area contributed by atoms with E-state index in [1.807, 2.05) is 0 Å². The van der Waals surface area contributed by atoms with Crippen LogP contribution in [0.2, 0.25) is 5.02 Å². The Morgan fingerprint density at radius 3 is 2.53 bits per heavy atom. The zero-order chi connectivity index (χ0) is 23.4. The average Bonchev–Trinajstić information content (AvgIpc) is 3.13. The first-order chi connectivity index (χ1) is 15.2. The van der Waals surface area contributed by atoms with Crippen LogP contribution in [0.3, 0.4) is 0 Å².